The molecule has 0 heterocycles. The van der Waals surface area contributed by atoms with Crippen LogP contribution in [0.3, 0.4) is 0 Å². The Morgan fingerprint density at radius 1 is 1.08 bits per heavy atom. The fraction of sp³-hybridized carbons (Fsp3) is 0.316. The fourth-order valence-electron chi connectivity index (χ4n) is 2.13. The molecule has 5 nitrogen and oxygen atoms in total. The number of nitrogens with one attached hydrogen (secondary N) is 2. The molecule has 0 unspecified atom stereocenters. The topological polar surface area (TPSA) is 59.6 Å². The molecule has 0 radical (unpaired) electrons. The molecule has 0 bridgehead atoms. The zero-order valence-electron chi connectivity index (χ0n) is 14.2. The molecule has 0 aliphatic heterocycles. The van der Waals surface area contributed by atoms with Gasteiger partial charge in [0.1, 0.15) is 11.5 Å². The second-order valence-corrected chi connectivity index (χ2v) is 5.33. The van der Waals surface area contributed by atoms with Gasteiger partial charge in [0.25, 0.3) is 0 Å². The molecule has 2 N–H and O–H groups in total. The van der Waals surface area contributed by atoms with Gasteiger partial charge >= 0.3 is 0 Å². The predicted octanol–water partition coefficient (Wildman–Crippen LogP) is 3.92. The van der Waals surface area contributed by atoms with Gasteiger partial charge in [-0.05, 0) is 42.8 Å². The summed E-state index contributed by atoms with van der Waals surface area (Å²) in [5.41, 5.74) is 1.53. The maximum absolute atomic E-state index is 12.0. The molecule has 0 fully saturated rings. The van der Waals surface area contributed by atoms with Crippen LogP contribution < -0.4 is 20.1 Å². The van der Waals surface area contributed by atoms with Crippen molar-refractivity contribution in [3.63, 3.8) is 0 Å². The second-order valence-electron chi connectivity index (χ2n) is 5.33. The molecule has 0 aliphatic rings. The lowest BCUT2D eigenvalue weighted by Crippen LogP contribution is -2.22. The number of rotatable bonds is 9. The van der Waals surface area contributed by atoms with Gasteiger partial charge in [0.15, 0.2) is 0 Å². The van der Waals surface area contributed by atoms with Crippen LogP contribution in [0.2, 0.25) is 0 Å². The molecule has 0 aromatic heterocycles. The van der Waals surface area contributed by atoms with Crippen LogP contribution in [0.25, 0.3) is 0 Å². The molecule has 2 aromatic rings. The standard InChI is InChI=1S/C19H24N2O3/c1-3-4-13-24-16-11-9-15(10-12-16)20-14-19(22)21-17-7-5-6-8-18(17)23-2/h5-12,20H,3-4,13-14H2,1-2H3,(H,21,22). The minimum Gasteiger partial charge on any atom is -0.495 e. The number of carbonyl (C=O) groups excluding carboxylic acids is 1. The highest BCUT2D eigenvalue weighted by atomic mass is 16.5. The third kappa shape index (κ3) is 5.50. The maximum atomic E-state index is 12.0. The number of unbranched alkanes of at least 4 members (excludes halogenated alkanes) is 1. The Labute approximate surface area is 143 Å². The van der Waals surface area contributed by atoms with Crippen molar-refractivity contribution >= 4 is 17.3 Å². The highest BCUT2D eigenvalue weighted by Crippen LogP contribution is 2.23. The molecule has 0 saturated carbocycles. The van der Waals surface area contributed by atoms with E-state index in [0.717, 1.165) is 30.9 Å². The molecule has 24 heavy (non-hydrogen) atoms. The van der Waals surface area contributed by atoms with E-state index >= 15 is 0 Å². The number of carbonyl (C=O) groups is 1. The highest BCUT2D eigenvalue weighted by molar-refractivity contribution is 5.95. The van der Waals surface area contributed by atoms with Gasteiger partial charge in [-0.2, -0.15) is 0 Å². The Hall–Kier alpha value is -2.69. The van der Waals surface area contributed by atoms with E-state index in [1.54, 1.807) is 19.2 Å². The molecule has 1 amide bonds. The van der Waals surface area contributed by atoms with Crippen LogP contribution in [0, 0.1) is 0 Å². The third-order valence-corrected chi connectivity index (χ3v) is 3.46. The number of benzene rings is 2. The Morgan fingerprint density at radius 3 is 2.54 bits per heavy atom. The smallest absolute Gasteiger partial charge is 0.243 e. The highest BCUT2D eigenvalue weighted by Gasteiger charge is 2.06. The summed E-state index contributed by atoms with van der Waals surface area (Å²) >= 11 is 0. The third-order valence-electron chi connectivity index (χ3n) is 3.46. The van der Waals surface area contributed by atoms with Crippen molar-refractivity contribution in [2.75, 3.05) is 30.9 Å². The summed E-state index contributed by atoms with van der Waals surface area (Å²) in [7, 11) is 1.58. The van der Waals surface area contributed by atoms with Gasteiger partial charge < -0.3 is 20.1 Å². The zero-order chi connectivity index (χ0) is 17.2. The van der Waals surface area contributed by atoms with Crippen LogP contribution in [-0.4, -0.2) is 26.2 Å². The molecular weight excluding hydrogens is 304 g/mol. The summed E-state index contributed by atoms with van der Waals surface area (Å²) < 4.78 is 10.8. The number of para-hydroxylation sites is 2. The van der Waals surface area contributed by atoms with E-state index < -0.39 is 0 Å². The quantitative estimate of drug-likeness (QED) is 0.685. The summed E-state index contributed by atoms with van der Waals surface area (Å²) in [6, 6.07) is 14.9. The van der Waals surface area contributed by atoms with Crippen molar-refractivity contribution in [3.8, 4) is 11.5 Å². The number of anilines is 2. The summed E-state index contributed by atoms with van der Waals surface area (Å²) in [5, 5.41) is 5.91. The van der Waals surface area contributed by atoms with Crippen LogP contribution >= 0.6 is 0 Å². The summed E-state index contributed by atoms with van der Waals surface area (Å²) in [4.78, 5) is 12.0. The predicted molar refractivity (Wildman–Crippen MR) is 97.0 cm³/mol. The van der Waals surface area contributed by atoms with Gasteiger partial charge in [0, 0.05) is 5.69 Å². The molecular formula is C19H24N2O3. The van der Waals surface area contributed by atoms with Gasteiger partial charge in [-0.1, -0.05) is 25.5 Å². The van der Waals surface area contributed by atoms with Gasteiger partial charge in [-0.3, -0.25) is 4.79 Å². The normalized spacial score (nSPS) is 10.1. The number of methoxy groups -OCH3 is 1. The SMILES string of the molecule is CCCCOc1ccc(NCC(=O)Nc2ccccc2OC)cc1. The number of amides is 1. The number of hydrogen-bond donors (Lipinski definition) is 2. The summed E-state index contributed by atoms with van der Waals surface area (Å²) in [5.74, 6) is 1.34. The van der Waals surface area contributed by atoms with Crippen molar-refractivity contribution in [2.45, 2.75) is 19.8 Å². The summed E-state index contributed by atoms with van der Waals surface area (Å²) in [6.45, 7) is 3.03. The van der Waals surface area contributed by atoms with Crippen LogP contribution in [0.4, 0.5) is 11.4 Å². The van der Waals surface area contributed by atoms with E-state index in [9.17, 15) is 4.79 Å². The van der Waals surface area contributed by atoms with E-state index in [1.165, 1.54) is 0 Å². The number of ether oxygens (including phenoxy) is 2. The Morgan fingerprint density at radius 2 is 1.83 bits per heavy atom. The lowest BCUT2D eigenvalue weighted by Gasteiger charge is -2.11. The van der Waals surface area contributed by atoms with Crippen LogP contribution in [0.5, 0.6) is 11.5 Å². The monoisotopic (exact) mass is 328 g/mol. The average Bonchev–Trinajstić information content (AvgIpc) is 2.62. The van der Waals surface area contributed by atoms with Crippen LogP contribution in [0.1, 0.15) is 19.8 Å². The largest absolute Gasteiger partial charge is 0.495 e. The van der Waals surface area contributed by atoms with Crippen LogP contribution in [0.15, 0.2) is 48.5 Å². The first-order valence-corrected chi connectivity index (χ1v) is 8.12. The van der Waals surface area contributed by atoms with E-state index in [1.807, 2.05) is 36.4 Å². The van der Waals surface area contributed by atoms with Gasteiger partial charge in [-0.25, -0.2) is 0 Å². The summed E-state index contributed by atoms with van der Waals surface area (Å²) in [6.07, 6.45) is 2.16. The van der Waals surface area contributed by atoms with Crippen molar-refractivity contribution < 1.29 is 14.3 Å². The lowest BCUT2D eigenvalue weighted by molar-refractivity contribution is -0.114. The molecule has 2 rings (SSSR count). The molecule has 0 aliphatic carbocycles. The molecule has 0 atom stereocenters. The Balaban J connectivity index is 1.81. The first kappa shape index (κ1) is 17.7. The average molecular weight is 328 g/mol. The maximum Gasteiger partial charge on any atom is 0.243 e. The van der Waals surface area contributed by atoms with Crippen molar-refractivity contribution in [1.29, 1.82) is 0 Å². The molecule has 128 valence electrons. The van der Waals surface area contributed by atoms with E-state index in [2.05, 4.69) is 17.6 Å². The second kappa shape index (κ2) is 9.45. The van der Waals surface area contributed by atoms with E-state index in [4.69, 9.17) is 9.47 Å². The minimum atomic E-state index is -0.136. The first-order chi connectivity index (χ1) is 11.7. The van der Waals surface area contributed by atoms with Crippen LogP contribution in [-0.2, 0) is 4.79 Å². The van der Waals surface area contributed by atoms with Gasteiger partial charge in [0.05, 0.1) is 25.9 Å². The molecule has 0 spiro atoms. The lowest BCUT2D eigenvalue weighted by atomic mass is 10.3. The first-order valence-electron chi connectivity index (χ1n) is 8.12. The fourth-order valence-corrected chi connectivity index (χ4v) is 2.13. The molecule has 0 saturated heterocycles. The molecule has 5 heteroatoms. The number of hydrogen-bond acceptors (Lipinski definition) is 4. The molecule has 2 aromatic carbocycles. The van der Waals surface area contributed by atoms with Gasteiger partial charge in [0.2, 0.25) is 5.91 Å². The minimum absolute atomic E-state index is 0.136. The van der Waals surface area contributed by atoms with Crippen molar-refractivity contribution in [2.24, 2.45) is 0 Å². The Bertz CT molecular complexity index is 641. The van der Waals surface area contributed by atoms with E-state index in [0.29, 0.717) is 11.4 Å². The zero-order valence-corrected chi connectivity index (χ0v) is 14.2. The van der Waals surface area contributed by atoms with Crippen molar-refractivity contribution in [3.05, 3.63) is 48.5 Å². The Kier molecular flexibility index (Phi) is 6.95. The van der Waals surface area contributed by atoms with E-state index in [-0.39, 0.29) is 12.5 Å². The van der Waals surface area contributed by atoms with Gasteiger partial charge in [-0.15, -0.1) is 0 Å². The van der Waals surface area contributed by atoms with Crippen molar-refractivity contribution in [1.82, 2.24) is 0 Å².